The van der Waals surface area contributed by atoms with Crippen molar-refractivity contribution in [2.75, 3.05) is 13.7 Å². The molecule has 0 aliphatic carbocycles. The highest BCUT2D eigenvalue weighted by Crippen LogP contribution is 2.57. The van der Waals surface area contributed by atoms with Crippen LogP contribution in [0.25, 0.3) is 0 Å². The Morgan fingerprint density at radius 3 is 2.16 bits per heavy atom. The van der Waals surface area contributed by atoms with E-state index in [9.17, 15) is 0 Å². The molecule has 3 nitrogen and oxygen atoms in total. The molecule has 2 aromatic carbocycles. The van der Waals surface area contributed by atoms with Crippen molar-refractivity contribution in [1.82, 2.24) is 0 Å². The number of methoxy groups -OCH3 is 1. The largest absolute Gasteiger partial charge is 0.497 e. The van der Waals surface area contributed by atoms with Gasteiger partial charge >= 0.3 is 0 Å². The average molecular weight is 691 g/mol. The summed E-state index contributed by atoms with van der Waals surface area (Å²) < 4.78 is 19.3. The van der Waals surface area contributed by atoms with Crippen molar-refractivity contribution in [3.8, 4) is 17.2 Å². The molecular weight excluding hydrogens is 621 g/mol. The van der Waals surface area contributed by atoms with Crippen molar-refractivity contribution in [2.24, 2.45) is 23.2 Å². The van der Waals surface area contributed by atoms with E-state index >= 15 is 0 Å². The first-order valence-corrected chi connectivity index (χ1v) is 20.5. The van der Waals surface area contributed by atoms with Crippen molar-refractivity contribution in [1.29, 1.82) is 0 Å². The number of hydrogen-bond donors (Lipinski definition) is 0. The van der Waals surface area contributed by atoms with Gasteiger partial charge in [0.2, 0.25) is 0 Å². The monoisotopic (exact) mass is 691 g/mol. The zero-order chi connectivity index (χ0) is 35.9. The topological polar surface area (TPSA) is 27.7 Å². The quantitative estimate of drug-likeness (QED) is 0.164. The Labute approximate surface area is 305 Å². The molecule has 0 amide bonds. The maximum absolute atomic E-state index is 7.00. The summed E-state index contributed by atoms with van der Waals surface area (Å²) in [6.07, 6.45) is 16.8. The van der Waals surface area contributed by atoms with Gasteiger partial charge in [-0.05, 0) is 92.9 Å². The summed E-state index contributed by atoms with van der Waals surface area (Å²) in [5.41, 5.74) is 6.64. The number of ether oxygens (including phenoxy) is 3. The average Bonchev–Trinajstić information content (AvgIpc) is 3.03. The first-order chi connectivity index (χ1) is 23.1. The second-order valence-corrected chi connectivity index (χ2v) is 19.1. The lowest BCUT2D eigenvalue weighted by Crippen LogP contribution is -2.35. The summed E-state index contributed by atoms with van der Waals surface area (Å²) >= 11 is 1.95. The lowest BCUT2D eigenvalue weighted by molar-refractivity contribution is 0.133. The summed E-state index contributed by atoms with van der Waals surface area (Å²) in [6, 6.07) is 8.38. The van der Waals surface area contributed by atoms with Crippen molar-refractivity contribution in [3.63, 3.8) is 0 Å². The van der Waals surface area contributed by atoms with E-state index in [0.29, 0.717) is 0 Å². The molecule has 0 fully saturated rings. The fraction of sp³-hybridized carbons (Fsp3) is 0.689. The van der Waals surface area contributed by atoms with Crippen LogP contribution >= 0.6 is 11.8 Å². The van der Waals surface area contributed by atoms with Gasteiger partial charge in [0.05, 0.1) is 18.6 Å². The van der Waals surface area contributed by atoms with Gasteiger partial charge in [0.25, 0.3) is 0 Å². The van der Waals surface area contributed by atoms with Gasteiger partial charge in [-0.25, -0.2) is 0 Å². The van der Waals surface area contributed by atoms with E-state index in [1.165, 1.54) is 90.5 Å². The van der Waals surface area contributed by atoms with E-state index in [-0.39, 0.29) is 22.2 Å². The van der Waals surface area contributed by atoms with Gasteiger partial charge < -0.3 is 14.2 Å². The van der Waals surface area contributed by atoms with Crippen LogP contribution in [0.2, 0.25) is 0 Å². The predicted octanol–water partition coefficient (Wildman–Crippen LogP) is 13.6. The predicted molar refractivity (Wildman–Crippen MR) is 212 cm³/mol. The number of rotatable bonds is 16. The maximum atomic E-state index is 7.00. The van der Waals surface area contributed by atoms with Crippen LogP contribution in [0.1, 0.15) is 162 Å². The molecule has 0 radical (unpaired) electrons. The highest BCUT2D eigenvalue weighted by molar-refractivity contribution is 8.00. The number of benzene rings is 2. The molecule has 4 rings (SSSR count). The lowest BCUT2D eigenvalue weighted by Gasteiger charge is -2.42. The molecular formula is C45H70O3S. The van der Waals surface area contributed by atoms with E-state index in [1.807, 2.05) is 23.9 Å². The first-order valence-electron chi connectivity index (χ1n) is 19.6. The Balaban J connectivity index is 1.38. The first kappa shape index (κ1) is 39.7. The number of fused-ring (bicyclic) bond motifs is 2. The standard InChI is InChI=1S/C45H70O3S/c1-30(2)16-13-17-31(3)18-14-19-32(4)20-15-21-33(5)26-27-45(11)28-38-34(6)40-43(39(44(8,9)10)42(38)47-29-45)49-35(7)41(48-40)36-22-24-37(46-12)25-23-36/h22-26,30-32,35,41H,13-21,27-29H2,1-12H3/b33-26+/t31-,32-,35-,41+,45?/m1/s1. The van der Waals surface area contributed by atoms with Gasteiger partial charge in [0, 0.05) is 21.8 Å². The highest BCUT2D eigenvalue weighted by atomic mass is 32.2. The molecule has 0 N–H and O–H groups in total. The van der Waals surface area contributed by atoms with Crippen LogP contribution in [-0.2, 0) is 11.8 Å². The summed E-state index contributed by atoms with van der Waals surface area (Å²) in [5.74, 6) is 5.60. The van der Waals surface area contributed by atoms with Crippen LogP contribution in [0.5, 0.6) is 17.2 Å². The molecule has 4 heteroatoms. The maximum Gasteiger partial charge on any atom is 0.137 e. The third-order valence-corrected chi connectivity index (χ3v) is 12.4. The molecule has 0 spiro atoms. The van der Waals surface area contributed by atoms with Crippen molar-refractivity contribution >= 4 is 11.8 Å². The Morgan fingerprint density at radius 1 is 0.959 bits per heavy atom. The van der Waals surface area contributed by atoms with E-state index in [0.717, 1.165) is 54.5 Å². The molecule has 49 heavy (non-hydrogen) atoms. The molecule has 1 unspecified atom stereocenters. The van der Waals surface area contributed by atoms with Gasteiger partial charge in [-0.3, -0.25) is 0 Å². The Morgan fingerprint density at radius 2 is 1.57 bits per heavy atom. The van der Waals surface area contributed by atoms with Crippen molar-refractivity contribution in [3.05, 3.63) is 58.2 Å². The second kappa shape index (κ2) is 17.4. The summed E-state index contributed by atoms with van der Waals surface area (Å²) in [4.78, 5) is 1.27. The second-order valence-electron chi connectivity index (χ2n) is 17.7. The Hall–Kier alpha value is -2.07. The van der Waals surface area contributed by atoms with Crippen molar-refractivity contribution < 1.29 is 14.2 Å². The third kappa shape index (κ3) is 10.7. The van der Waals surface area contributed by atoms with E-state index in [2.05, 4.69) is 94.4 Å². The fourth-order valence-electron chi connectivity index (χ4n) is 7.84. The van der Waals surface area contributed by atoms with Crippen LogP contribution in [0, 0.1) is 30.1 Å². The fourth-order valence-corrected chi connectivity index (χ4v) is 9.37. The highest BCUT2D eigenvalue weighted by Gasteiger charge is 2.41. The van der Waals surface area contributed by atoms with E-state index in [4.69, 9.17) is 14.2 Å². The lowest BCUT2D eigenvalue weighted by atomic mass is 9.75. The van der Waals surface area contributed by atoms with Crippen LogP contribution in [-0.4, -0.2) is 19.0 Å². The van der Waals surface area contributed by atoms with Crippen LogP contribution in [0.15, 0.2) is 40.8 Å². The minimum absolute atomic E-state index is 0.0136. The molecule has 2 heterocycles. The molecule has 2 aliphatic rings. The Kier molecular flexibility index (Phi) is 14.1. The molecule has 2 aromatic rings. The molecule has 0 saturated heterocycles. The molecule has 2 aliphatic heterocycles. The SMILES string of the molecule is COc1ccc([C@H]2Oc3c(C)c4c(c(C(C)(C)C)c3S[C@@H]2C)OCC(C)(C/C=C(\C)CCC[C@H](C)CCC[C@H](C)CCCC(C)C)C4)cc1. The molecule has 0 bridgehead atoms. The summed E-state index contributed by atoms with van der Waals surface area (Å²) in [7, 11) is 1.72. The molecule has 5 atom stereocenters. The molecule has 0 saturated carbocycles. The number of thioether (sulfide) groups is 1. The third-order valence-electron chi connectivity index (χ3n) is 11.1. The van der Waals surface area contributed by atoms with Gasteiger partial charge in [-0.2, -0.15) is 0 Å². The van der Waals surface area contributed by atoms with Gasteiger partial charge in [-0.1, -0.05) is 124 Å². The molecule has 274 valence electrons. The zero-order valence-electron chi connectivity index (χ0n) is 33.4. The van der Waals surface area contributed by atoms with Crippen molar-refractivity contribution in [2.45, 2.75) is 168 Å². The minimum atomic E-state index is -0.0576. The molecule has 0 aromatic heterocycles. The number of hydrogen-bond acceptors (Lipinski definition) is 4. The normalized spacial score (nSPS) is 22.2. The van der Waals surface area contributed by atoms with Crippen LogP contribution in [0.4, 0.5) is 0 Å². The summed E-state index contributed by atoms with van der Waals surface area (Å²) in [6.45, 7) is 26.6. The smallest absolute Gasteiger partial charge is 0.137 e. The summed E-state index contributed by atoms with van der Waals surface area (Å²) in [5, 5.41) is 0.275. The van der Waals surface area contributed by atoms with Gasteiger partial charge in [-0.15, -0.1) is 11.8 Å². The van der Waals surface area contributed by atoms with Gasteiger partial charge in [0.1, 0.15) is 23.4 Å². The van der Waals surface area contributed by atoms with Crippen LogP contribution in [0.3, 0.4) is 0 Å². The number of allylic oxidation sites excluding steroid dienone is 2. The van der Waals surface area contributed by atoms with E-state index in [1.54, 1.807) is 7.11 Å². The van der Waals surface area contributed by atoms with Crippen LogP contribution < -0.4 is 14.2 Å². The minimum Gasteiger partial charge on any atom is -0.497 e. The zero-order valence-corrected chi connectivity index (χ0v) is 34.2. The van der Waals surface area contributed by atoms with Gasteiger partial charge in [0.15, 0.2) is 0 Å². The van der Waals surface area contributed by atoms with E-state index < -0.39 is 0 Å². The Bertz CT molecular complexity index is 1380.